The number of ether oxygens (including phenoxy) is 2. The van der Waals surface area contributed by atoms with Crippen molar-refractivity contribution in [2.24, 2.45) is 0 Å². The second kappa shape index (κ2) is 10.8. The number of hydrogen-bond donors (Lipinski definition) is 1. The molecule has 1 N–H and O–H groups in total. The van der Waals surface area contributed by atoms with Crippen LogP contribution in [0.4, 0.5) is 5.69 Å². The number of hydrogen-bond acceptors (Lipinski definition) is 5. The van der Waals surface area contributed by atoms with Crippen molar-refractivity contribution < 1.29 is 19.1 Å². The first-order valence-electron chi connectivity index (χ1n) is 10.7. The second-order valence-electron chi connectivity index (χ2n) is 7.84. The van der Waals surface area contributed by atoms with Gasteiger partial charge in [0, 0.05) is 49.6 Å². The van der Waals surface area contributed by atoms with Gasteiger partial charge in [0.15, 0.2) is 0 Å². The molecule has 7 nitrogen and oxygen atoms in total. The number of carbonyl (C=O) groups excluding carboxylic acids is 2. The molecule has 1 aliphatic heterocycles. The molecule has 0 aromatic heterocycles. The molecular formula is C25H31N3O4. The normalized spacial score (nSPS) is 14.4. The molecule has 3 rings (SSSR count). The highest BCUT2D eigenvalue weighted by molar-refractivity contribution is 5.93. The maximum atomic E-state index is 12.6. The van der Waals surface area contributed by atoms with Gasteiger partial charge in [-0.3, -0.25) is 14.5 Å². The number of piperazine rings is 1. The standard InChI is InChI=1S/C25H31N3O4/c1-18-6-5-7-22(19(18)2)26-24(29)17-27-12-14-28(15-13-27)25(30)11-9-20-8-10-21(31-3)16-23(20)32-4/h5-11,16H,12-15,17H2,1-4H3,(H,26,29)/b11-9+. The first-order chi connectivity index (χ1) is 15.4. The molecule has 0 spiro atoms. The highest BCUT2D eigenvalue weighted by atomic mass is 16.5. The van der Waals surface area contributed by atoms with Gasteiger partial charge in [0.1, 0.15) is 11.5 Å². The van der Waals surface area contributed by atoms with Crippen molar-refractivity contribution in [1.29, 1.82) is 0 Å². The minimum Gasteiger partial charge on any atom is -0.497 e. The highest BCUT2D eigenvalue weighted by Gasteiger charge is 2.21. The first-order valence-corrected chi connectivity index (χ1v) is 10.7. The van der Waals surface area contributed by atoms with E-state index in [0.29, 0.717) is 44.2 Å². The van der Waals surface area contributed by atoms with Gasteiger partial charge in [0.2, 0.25) is 11.8 Å². The molecule has 2 amide bonds. The van der Waals surface area contributed by atoms with Crippen LogP contribution >= 0.6 is 0 Å². The number of nitrogens with zero attached hydrogens (tertiary/aromatic N) is 2. The fraction of sp³-hybridized carbons (Fsp3) is 0.360. The van der Waals surface area contributed by atoms with Gasteiger partial charge in [-0.2, -0.15) is 0 Å². The van der Waals surface area contributed by atoms with Gasteiger partial charge < -0.3 is 19.7 Å². The van der Waals surface area contributed by atoms with Crippen LogP contribution in [0.25, 0.3) is 6.08 Å². The molecule has 1 saturated heterocycles. The fourth-order valence-electron chi connectivity index (χ4n) is 3.63. The number of rotatable bonds is 7. The number of methoxy groups -OCH3 is 2. The van der Waals surface area contributed by atoms with Crippen molar-refractivity contribution >= 4 is 23.6 Å². The van der Waals surface area contributed by atoms with E-state index in [2.05, 4.69) is 10.2 Å². The van der Waals surface area contributed by atoms with Gasteiger partial charge in [-0.1, -0.05) is 12.1 Å². The zero-order valence-corrected chi connectivity index (χ0v) is 19.2. The van der Waals surface area contributed by atoms with Crippen LogP contribution in [0.5, 0.6) is 11.5 Å². The van der Waals surface area contributed by atoms with Gasteiger partial charge in [-0.25, -0.2) is 0 Å². The number of nitrogens with one attached hydrogen (secondary N) is 1. The Balaban J connectivity index is 1.50. The summed E-state index contributed by atoms with van der Waals surface area (Å²) in [4.78, 5) is 28.9. The van der Waals surface area contributed by atoms with E-state index in [9.17, 15) is 9.59 Å². The molecule has 1 aliphatic rings. The van der Waals surface area contributed by atoms with Crippen LogP contribution in [0.15, 0.2) is 42.5 Å². The lowest BCUT2D eigenvalue weighted by Gasteiger charge is -2.33. The summed E-state index contributed by atoms with van der Waals surface area (Å²) in [6.07, 6.45) is 3.32. The Hall–Kier alpha value is -3.32. The van der Waals surface area contributed by atoms with E-state index >= 15 is 0 Å². The first kappa shape index (κ1) is 23.3. The summed E-state index contributed by atoms with van der Waals surface area (Å²) in [5, 5.41) is 3.00. The molecule has 0 radical (unpaired) electrons. The number of amides is 2. The largest absolute Gasteiger partial charge is 0.497 e. The molecule has 1 fully saturated rings. The summed E-state index contributed by atoms with van der Waals surface area (Å²) in [7, 11) is 3.18. The van der Waals surface area contributed by atoms with Crippen molar-refractivity contribution in [1.82, 2.24) is 9.80 Å². The van der Waals surface area contributed by atoms with Crippen molar-refractivity contribution in [3.63, 3.8) is 0 Å². The van der Waals surface area contributed by atoms with Gasteiger partial charge in [0.25, 0.3) is 0 Å². The van der Waals surface area contributed by atoms with Crippen molar-refractivity contribution in [2.75, 3.05) is 52.3 Å². The summed E-state index contributed by atoms with van der Waals surface area (Å²) >= 11 is 0. The zero-order chi connectivity index (χ0) is 23.1. The third kappa shape index (κ3) is 5.88. The van der Waals surface area contributed by atoms with Crippen LogP contribution in [-0.4, -0.2) is 68.6 Å². The van der Waals surface area contributed by atoms with Gasteiger partial charge in [-0.15, -0.1) is 0 Å². The Morgan fingerprint density at radius 2 is 1.78 bits per heavy atom. The van der Waals surface area contributed by atoms with Crippen LogP contribution in [0.3, 0.4) is 0 Å². The summed E-state index contributed by atoms with van der Waals surface area (Å²) in [5.74, 6) is 1.25. The second-order valence-corrected chi connectivity index (χ2v) is 7.84. The van der Waals surface area contributed by atoms with Gasteiger partial charge in [0.05, 0.1) is 20.8 Å². The number of benzene rings is 2. The molecule has 0 unspecified atom stereocenters. The Morgan fingerprint density at radius 3 is 2.47 bits per heavy atom. The van der Waals surface area contributed by atoms with E-state index in [-0.39, 0.29) is 11.8 Å². The number of aryl methyl sites for hydroxylation is 1. The molecule has 1 heterocycles. The molecule has 2 aromatic rings. The molecular weight excluding hydrogens is 406 g/mol. The molecule has 7 heteroatoms. The zero-order valence-electron chi connectivity index (χ0n) is 19.2. The molecule has 0 atom stereocenters. The fourth-order valence-corrected chi connectivity index (χ4v) is 3.63. The SMILES string of the molecule is COc1ccc(/C=C/C(=O)N2CCN(CC(=O)Nc3cccc(C)c3C)CC2)c(OC)c1. The Morgan fingerprint density at radius 1 is 1.03 bits per heavy atom. The highest BCUT2D eigenvalue weighted by Crippen LogP contribution is 2.25. The summed E-state index contributed by atoms with van der Waals surface area (Å²) in [6, 6.07) is 11.4. The Kier molecular flexibility index (Phi) is 7.89. The minimum absolute atomic E-state index is 0.0371. The van der Waals surface area contributed by atoms with E-state index in [1.54, 1.807) is 37.3 Å². The van der Waals surface area contributed by atoms with Crippen LogP contribution in [-0.2, 0) is 9.59 Å². The van der Waals surface area contributed by atoms with Crippen molar-refractivity contribution in [3.05, 3.63) is 59.2 Å². The molecule has 0 aliphatic carbocycles. The van der Waals surface area contributed by atoms with Crippen LogP contribution in [0, 0.1) is 13.8 Å². The lowest BCUT2D eigenvalue weighted by molar-refractivity contribution is -0.127. The summed E-state index contributed by atoms with van der Waals surface area (Å²) < 4.78 is 10.6. The van der Waals surface area contributed by atoms with Gasteiger partial charge >= 0.3 is 0 Å². The lowest BCUT2D eigenvalue weighted by Crippen LogP contribution is -2.50. The van der Waals surface area contributed by atoms with Crippen LogP contribution in [0.1, 0.15) is 16.7 Å². The molecule has 2 aromatic carbocycles. The Labute approximate surface area is 189 Å². The van der Waals surface area contributed by atoms with E-state index in [1.165, 1.54) is 0 Å². The smallest absolute Gasteiger partial charge is 0.246 e. The predicted molar refractivity (Wildman–Crippen MR) is 126 cm³/mol. The molecule has 32 heavy (non-hydrogen) atoms. The summed E-state index contributed by atoms with van der Waals surface area (Å²) in [5.41, 5.74) is 3.89. The maximum absolute atomic E-state index is 12.6. The third-order valence-corrected chi connectivity index (χ3v) is 5.78. The van der Waals surface area contributed by atoms with E-state index in [1.807, 2.05) is 44.2 Å². The molecule has 0 saturated carbocycles. The van der Waals surface area contributed by atoms with Crippen molar-refractivity contribution in [3.8, 4) is 11.5 Å². The van der Waals surface area contributed by atoms with Gasteiger partial charge in [-0.05, 0) is 49.2 Å². The lowest BCUT2D eigenvalue weighted by atomic mass is 10.1. The van der Waals surface area contributed by atoms with E-state index in [4.69, 9.17) is 9.47 Å². The van der Waals surface area contributed by atoms with E-state index < -0.39 is 0 Å². The quantitative estimate of drug-likeness (QED) is 0.674. The monoisotopic (exact) mass is 437 g/mol. The average Bonchev–Trinajstić information content (AvgIpc) is 2.80. The molecule has 0 bridgehead atoms. The molecule has 170 valence electrons. The Bertz CT molecular complexity index is 995. The predicted octanol–water partition coefficient (Wildman–Crippen LogP) is 3.12. The van der Waals surface area contributed by atoms with Crippen molar-refractivity contribution in [2.45, 2.75) is 13.8 Å². The van der Waals surface area contributed by atoms with Crippen LogP contribution < -0.4 is 14.8 Å². The third-order valence-electron chi connectivity index (χ3n) is 5.78. The topological polar surface area (TPSA) is 71.1 Å². The number of anilines is 1. The summed E-state index contributed by atoms with van der Waals surface area (Å²) in [6.45, 7) is 6.83. The van der Waals surface area contributed by atoms with E-state index in [0.717, 1.165) is 22.4 Å². The number of carbonyl (C=O) groups is 2. The maximum Gasteiger partial charge on any atom is 0.246 e. The average molecular weight is 438 g/mol. The minimum atomic E-state index is -0.0534. The van der Waals surface area contributed by atoms with Crippen LogP contribution in [0.2, 0.25) is 0 Å².